The topological polar surface area (TPSA) is 74.3 Å². The van der Waals surface area contributed by atoms with E-state index in [2.05, 4.69) is 10.6 Å². The number of amides is 3. The highest BCUT2D eigenvalue weighted by molar-refractivity contribution is 6.09. The molecule has 0 fully saturated rings. The fraction of sp³-hybridized carbons (Fsp3) is 0.179. The van der Waals surface area contributed by atoms with E-state index in [0.29, 0.717) is 33.3 Å². The molecular weight excluding hydrogens is 443 g/mol. The number of nitrogens with one attached hydrogen (secondary N) is 2. The molecule has 3 aromatic carbocycles. The molecule has 0 unspecified atom stereocenters. The van der Waals surface area contributed by atoms with E-state index in [4.69, 9.17) is 4.98 Å². The molecule has 3 amide bonds. The van der Waals surface area contributed by atoms with Crippen LogP contribution >= 0.6 is 0 Å². The highest BCUT2D eigenvalue weighted by Gasteiger charge is 2.23. The quantitative estimate of drug-likeness (QED) is 0.401. The van der Waals surface area contributed by atoms with E-state index >= 15 is 0 Å². The SMILES string of the molecule is C[C@H](NC(=O)c1c(CNC(=O)N(C)C)c(-c2ccccc2)nc2ccccc12)c1cccc(F)c1. The number of benzene rings is 3. The van der Waals surface area contributed by atoms with Crippen LogP contribution in [0.1, 0.15) is 34.5 Å². The minimum Gasteiger partial charge on any atom is -0.345 e. The van der Waals surface area contributed by atoms with Gasteiger partial charge in [-0.25, -0.2) is 14.2 Å². The summed E-state index contributed by atoms with van der Waals surface area (Å²) < 4.78 is 13.8. The first-order chi connectivity index (χ1) is 16.8. The molecule has 0 aliphatic heterocycles. The molecule has 0 aliphatic carbocycles. The van der Waals surface area contributed by atoms with Gasteiger partial charge in [-0.3, -0.25) is 4.79 Å². The summed E-state index contributed by atoms with van der Waals surface area (Å²) in [5, 5.41) is 6.55. The van der Waals surface area contributed by atoms with Crippen molar-refractivity contribution >= 4 is 22.8 Å². The van der Waals surface area contributed by atoms with Crippen molar-refractivity contribution in [2.24, 2.45) is 0 Å². The lowest BCUT2D eigenvalue weighted by molar-refractivity contribution is 0.0940. The number of hydrogen-bond donors (Lipinski definition) is 2. The Morgan fingerprint density at radius 3 is 2.40 bits per heavy atom. The van der Waals surface area contributed by atoms with E-state index in [9.17, 15) is 14.0 Å². The number of halogens is 1. The van der Waals surface area contributed by atoms with Gasteiger partial charge in [-0.05, 0) is 30.7 Å². The Bertz CT molecular complexity index is 1370. The monoisotopic (exact) mass is 470 g/mol. The summed E-state index contributed by atoms with van der Waals surface area (Å²) in [6, 6.07) is 22.4. The van der Waals surface area contributed by atoms with Gasteiger partial charge in [0.2, 0.25) is 0 Å². The van der Waals surface area contributed by atoms with Crippen molar-refractivity contribution in [2.75, 3.05) is 14.1 Å². The standard InChI is InChI=1S/C28H27FN4O2/c1-18(20-12-9-13-21(29)16-20)31-27(34)25-22-14-7-8-15-24(22)32-26(19-10-5-4-6-11-19)23(25)17-30-28(35)33(2)3/h4-16,18H,17H2,1-3H3,(H,30,35)(H,31,34)/t18-/m0/s1. The molecule has 0 aliphatic rings. The van der Waals surface area contributed by atoms with Crippen LogP contribution in [0, 0.1) is 5.82 Å². The predicted molar refractivity (Wildman–Crippen MR) is 135 cm³/mol. The van der Waals surface area contributed by atoms with E-state index in [1.807, 2.05) is 61.5 Å². The van der Waals surface area contributed by atoms with Gasteiger partial charge in [0, 0.05) is 37.2 Å². The molecule has 0 bridgehead atoms. The van der Waals surface area contributed by atoms with Gasteiger partial charge in [-0.15, -0.1) is 0 Å². The summed E-state index contributed by atoms with van der Waals surface area (Å²) in [6.07, 6.45) is 0. The second-order valence-corrected chi connectivity index (χ2v) is 8.50. The number of carbonyl (C=O) groups excluding carboxylic acids is 2. The summed E-state index contributed by atoms with van der Waals surface area (Å²) in [6.45, 7) is 1.91. The maximum absolute atomic E-state index is 13.8. The van der Waals surface area contributed by atoms with E-state index in [-0.39, 0.29) is 24.3 Å². The van der Waals surface area contributed by atoms with Crippen molar-refractivity contribution < 1.29 is 14.0 Å². The van der Waals surface area contributed by atoms with Gasteiger partial charge in [-0.1, -0.05) is 60.7 Å². The van der Waals surface area contributed by atoms with Gasteiger partial charge in [-0.2, -0.15) is 0 Å². The number of carbonyl (C=O) groups is 2. The Labute approximate surface area is 203 Å². The predicted octanol–water partition coefficient (Wildman–Crippen LogP) is 5.30. The molecule has 0 spiro atoms. The lowest BCUT2D eigenvalue weighted by Gasteiger charge is -2.21. The largest absolute Gasteiger partial charge is 0.345 e. The lowest BCUT2D eigenvalue weighted by atomic mass is 9.95. The fourth-order valence-electron chi connectivity index (χ4n) is 3.97. The first kappa shape index (κ1) is 23.9. The zero-order valence-electron chi connectivity index (χ0n) is 19.9. The number of hydrogen-bond acceptors (Lipinski definition) is 3. The number of rotatable bonds is 6. The molecule has 4 rings (SSSR count). The summed E-state index contributed by atoms with van der Waals surface area (Å²) in [5.41, 5.74) is 3.80. The average molecular weight is 471 g/mol. The highest BCUT2D eigenvalue weighted by atomic mass is 19.1. The average Bonchev–Trinajstić information content (AvgIpc) is 2.86. The maximum Gasteiger partial charge on any atom is 0.317 e. The first-order valence-electron chi connectivity index (χ1n) is 11.3. The third kappa shape index (κ3) is 5.30. The van der Waals surface area contributed by atoms with Gasteiger partial charge in [0.05, 0.1) is 22.8 Å². The Morgan fingerprint density at radius 2 is 1.69 bits per heavy atom. The van der Waals surface area contributed by atoms with Crippen LogP contribution in [-0.4, -0.2) is 35.9 Å². The Kier molecular flexibility index (Phi) is 7.06. The molecule has 35 heavy (non-hydrogen) atoms. The van der Waals surface area contributed by atoms with Crippen LogP contribution in [-0.2, 0) is 6.54 Å². The van der Waals surface area contributed by atoms with Crippen molar-refractivity contribution in [3.05, 3.63) is 101 Å². The van der Waals surface area contributed by atoms with Crippen molar-refractivity contribution in [2.45, 2.75) is 19.5 Å². The smallest absolute Gasteiger partial charge is 0.317 e. The zero-order chi connectivity index (χ0) is 24.9. The molecule has 1 aromatic heterocycles. The fourth-order valence-corrected chi connectivity index (χ4v) is 3.97. The minimum absolute atomic E-state index is 0.107. The Hall–Kier alpha value is -4.26. The molecule has 0 radical (unpaired) electrons. The normalized spacial score (nSPS) is 11.7. The molecule has 0 saturated heterocycles. The maximum atomic E-state index is 13.8. The van der Waals surface area contributed by atoms with Gasteiger partial charge >= 0.3 is 6.03 Å². The van der Waals surface area contributed by atoms with Crippen LogP contribution < -0.4 is 10.6 Å². The van der Waals surface area contributed by atoms with E-state index < -0.39 is 6.04 Å². The van der Waals surface area contributed by atoms with Crippen LogP contribution in [0.4, 0.5) is 9.18 Å². The summed E-state index contributed by atoms with van der Waals surface area (Å²) in [5.74, 6) is -0.692. The van der Waals surface area contributed by atoms with Crippen LogP contribution in [0.5, 0.6) is 0 Å². The van der Waals surface area contributed by atoms with Gasteiger partial charge < -0.3 is 15.5 Å². The van der Waals surface area contributed by atoms with Crippen LogP contribution in [0.2, 0.25) is 0 Å². The van der Waals surface area contributed by atoms with Crippen molar-refractivity contribution in [3.8, 4) is 11.3 Å². The second-order valence-electron chi connectivity index (χ2n) is 8.50. The molecular formula is C28H27FN4O2. The van der Waals surface area contributed by atoms with Crippen LogP contribution in [0.3, 0.4) is 0 Å². The number of urea groups is 1. The Balaban J connectivity index is 1.85. The van der Waals surface area contributed by atoms with Crippen molar-refractivity contribution in [1.29, 1.82) is 0 Å². The molecule has 0 saturated carbocycles. The molecule has 6 nitrogen and oxygen atoms in total. The van der Waals surface area contributed by atoms with Gasteiger partial charge in [0.15, 0.2) is 0 Å². The molecule has 1 atom stereocenters. The number of fused-ring (bicyclic) bond motifs is 1. The summed E-state index contributed by atoms with van der Waals surface area (Å²) in [7, 11) is 3.31. The van der Waals surface area contributed by atoms with Crippen molar-refractivity contribution in [3.63, 3.8) is 0 Å². The van der Waals surface area contributed by atoms with Crippen LogP contribution in [0.15, 0.2) is 78.9 Å². The number of nitrogens with zero attached hydrogens (tertiary/aromatic N) is 2. The molecule has 2 N–H and O–H groups in total. The van der Waals surface area contributed by atoms with E-state index in [0.717, 1.165) is 5.56 Å². The summed E-state index contributed by atoms with van der Waals surface area (Å²) in [4.78, 5) is 32.4. The number of pyridine rings is 1. The zero-order valence-corrected chi connectivity index (χ0v) is 19.9. The Morgan fingerprint density at radius 1 is 0.971 bits per heavy atom. The first-order valence-corrected chi connectivity index (χ1v) is 11.3. The third-order valence-corrected chi connectivity index (χ3v) is 5.79. The van der Waals surface area contributed by atoms with Crippen LogP contribution in [0.25, 0.3) is 22.2 Å². The minimum atomic E-state index is -0.436. The highest BCUT2D eigenvalue weighted by Crippen LogP contribution is 2.31. The molecule has 1 heterocycles. The van der Waals surface area contributed by atoms with Gasteiger partial charge in [0.25, 0.3) is 5.91 Å². The molecule has 7 heteroatoms. The summed E-state index contributed by atoms with van der Waals surface area (Å²) >= 11 is 0. The number of aromatic nitrogens is 1. The van der Waals surface area contributed by atoms with E-state index in [1.54, 1.807) is 26.2 Å². The third-order valence-electron chi connectivity index (χ3n) is 5.79. The van der Waals surface area contributed by atoms with Crippen molar-refractivity contribution in [1.82, 2.24) is 20.5 Å². The van der Waals surface area contributed by atoms with E-state index in [1.165, 1.54) is 17.0 Å². The molecule has 4 aromatic rings. The number of para-hydroxylation sites is 1. The second kappa shape index (κ2) is 10.3. The lowest BCUT2D eigenvalue weighted by Crippen LogP contribution is -2.35. The van der Waals surface area contributed by atoms with Gasteiger partial charge in [0.1, 0.15) is 5.82 Å². The molecule has 178 valence electrons.